The summed E-state index contributed by atoms with van der Waals surface area (Å²) < 4.78 is 4.78. The second kappa shape index (κ2) is 14.6. The van der Waals surface area contributed by atoms with Gasteiger partial charge in [-0.2, -0.15) is 0 Å². The molecule has 0 amide bonds. The van der Waals surface area contributed by atoms with Gasteiger partial charge in [-0.3, -0.25) is 4.79 Å². The lowest BCUT2D eigenvalue weighted by molar-refractivity contribution is -0.132. The minimum atomic E-state index is -0.0466. The molecule has 0 saturated heterocycles. The van der Waals surface area contributed by atoms with Crippen LogP contribution in [-0.2, 0) is 7.86 Å². The van der Waals surface area contributed by atoms with E-state index in [9.17, 15) is 4.79 Å². The van der Waals surface area contributed by atoms with Gasteiger partial charge in [-0.15, -0.1) is 0 Å². The molecule has 19 heavy (non-hydrogen) atoms. The number of carbonyl (C=O) groups is 1. The Kier molecular flexibility index (Phi) is 14.8. The topological polar surface area (TPSA) is 26.3 Å². The standard InChI is InChI=1S/C16H31IO2/c1-3-5-7-9-11-13-15(14-16(18)19-17)12-10-8-6-4-2/h15H,3-14H2,1-2H3. The van der Waals surface area contributed by atoms with Gasteiger partial charge in [0, 0.05) is 6.42 Å². The summed E-state index contributed by atoms with van der Waals surface area (Å²) in [6, 6.07) is 0. The van der Waals surface area contributed by atoms with E-state index in [1.807, 2.05) is 0 Å². The molecular formula is C16H31IO2. The molecule has 2 nitrogen and oxygen atoms in total. The Morgan fingerprint density at radius 1 is 0.895 bits per heavy atom. The molecule has 114 valence electrons. The van der Waals surface area contributed by atoms with Gasteiger partial charge in [0.15, 0.2) is 23.0 Å². The Morgan fingerprint density at radius 3 is 1.84 bits per heavy atom. The minimum absolute atomic E-state index is 0.0466. The largest absolute Gasteiger partial charge is 0.394 e. The zero-order chi connectivity index (χ0) is 14.3. The van der Waals surface area contributed by atoms with Gasteiger partial charge in [0.25, 0.3) is 0 Å². The lowest BCUT2D eigenvalue weighted by Crippen LogP contribution is -2.09. The van der Waals surface area contributed by atoms with E-state index < -0.39 is 0 Å². The SMILES string of the molecule is CCCCCCCC(CCCCCC)CC(=O)OI. The molecule has 0 aromatic heterocycles. The third-order valence-electron chi connectivity index (χ3n) is 3.72. The zero-order valence-corrected chi connectivity index (χ0v) is 14.9. The highest BCUT2D eigenvalue weighted by atomic mass is 127. The van der Waals surface area contributed by atoms with Crippen LogP contribution in [0.15, 0.2) is 0 Å². The molecule has 0 aliphatic heterocycles. The molecule has 0 aromatic rings. The molecule has 1 unspecified atom stereocenters. The quantitative estimate of drug-likeness (QED) is 0.279. The molecular weight excluding hydrogens is 351 g/mol. The van der Waals surface area contributed by atoms with E-state index in [1.54, 1.807) is 23.0 Å². The van der Waals surface area contributed by atoms with Crippen LogP contribution in [0, 0.1) is 5.92 Å². The molecule has 3 heteroatoms. The monoisotopic (exact) mass is 382 g/mol. The summed E-state index contributed by atoms with van der Waals surface area (Å²) in [4.78, 5) is 11.4. The summed E-state index contributed by atoms with van der Waals surface area (Å²) in [5.41, 5.74) is 0. The average molecular weight is 382 g/mol. The van der Waals surface area contributed by atoms with Crippen molar-refractivity contribution < 1.29 is 7.86 Å². The predicted molar refractivity (Wildman–Crippen MR) is 90.4 cm³/mol. The van der Waals surface area contributed by atoms with Crippen LogP contribution in [-0.4, -0.2) is 5.97 Å². The smallest absolute Gasteiger partial charge is 0.315 e. The lowest BCUT2D eigenvalue weighted by Gasteiger charge is -2.15. The minimum Gasteiger partial charge on any atom is -0.394 e. The van der Waals surface area contributed by atoms with Gasteiger partial charge >= 0.3 is 5.97 Å². The van der Waals surface area contributed by atoms with Crippen molar-refractivity contribution in [1.82, 2.24) is 0 Å². The van der Waals surface area contributed by atoms with Crippen molar-refractivity contribution in [3.8, 4) is 0 Å². The molecule has 0 bridgehead atoms. The van der Waals surface area contributed by atoms with Gasteiger partial charge in [0.2, 0.25) is 0 Å². The first-order chi connectivity index (χ1) is 9.24. The fraction of sp³-hybridized carbons (Fsp3) is 0.938. The molecule has 0 aliphatic rings. The van der Waals surface area contributed by atoms with E-state index in [0.29, 0.717) is 12.3 Å². The third kappa shape index (κ3) is 13.0. The third-order valence-corrected chi connectivity index (χ3v) is 4.21. The Balaban J connectivity index is 3.79. The first kappa shape index (κ1) is 19.2. The van der Waals surface area contributed by atoms with E-state index in [1.165, 1.54) is 70.6 Å². The van der Waals surface area contributed by atoms with Crippen LogP contribution in [0.3, 0.4) is 0 Å². The number of hydrogen-bond donors (Lipinski definition) is 0. The Morgan fingerprint density at radius 2 is 1.37 bits per heavy atom. The van der Waals surface area contributed by atoms with E-state index >= 15 is 0 Å². The van der Waals surface area contributed by atoms with E-state index in [4.69, 9.17) is 3.07 Å². The van der Waals surface area contributed by atoms with Crippen molar-refractivity contribution in [3.63, 3.8) is 0 Å². The van der Waals surface area contributed by atoms with Gasteiger partial charge < -0.3 is 3.07 Å². The molecule has 0 radical (unpaired) electrons. The first-order valence-electron chi connectivity index (χ1n) is 8.06. The maximum Gasteiger partial charge on any atom is 0.315 e. The van der Waals surface area contributed by atoms with Gasteiger partial charge in [-0.1, -0.05) is 71.6 Å². The Labute approximate surface area is 133 Å². The molecule has 0 aliphatic carbocycles. The summed E-state index contributed by atoms with van der Waals surface area (Å²) in [6.07, 6.45) is 14.7. The Bertz CT molecular complexity index is 207. The highest BCUT2D eigenvalue weighted by Crippen LogP contribution is 2.22. The average Bonchev–Trinajstić information content (AvgIpc) is 2.42. The Hall–Kier alpha value is 0.200. The number of halogens is 1. The van der Waals surface area contributed by atoms with Crippen molar-refractivity contribution in [2.75, 3.05) is 0 Å². The van der Waals surface area contributed by atoms with Crippen LogP contribution in [0.4, 0.5) is 0 Å². The highest BCUT2D eigenvalue weighted by Gasteiger charge is 2.14. The fourth-order valence-corrected chi connectivity index (χ4v) is 2.69. The van der Waals surface area contributed by atoms with Crippen molar-refractivity contribution in [2.45, 2.75) is 90.9 Å². The molecule has 0 rings (SSSR count). The van der Waals surface area contributed by atoms with Gasteiger partial charge in [0.1, 0.15) is 0 Å². The van der Waals surface area contributed by atoms with Crippen molar-refractivity contribution in [1.29, 1.82) is 0 Å². The summed E-state index contributed by atoms with van der Waals surface area (Å²) in [5.74, 6) is 0.496. The first-order valence-corrected chi connectivity index (χ1v) is 8.94. The summed E-state index contributed by atoms with van der Waals surface area (Å²) in [7, 11) is 0. The summed E-state index contributed by atoms with van der Waals surface area (Å²) in [5, 5.41) is 0. The number of unbranched alkanes of at least 4 members (excludes halogenated alkanes) is 7. The summed E-state index contributed by atoms with van der Waals surface area (Å²) >= 11 is 1.70. The second-order valence-corrected chi connectivity index (χ2v) is 6.01. The normalized spacial score (nSPS) is 12.4. The molecule has 0 saturated carbocycles. The molecule has 0 spiro atoms. The van der Waals surface area contributed by atoms with Crippen LogP contribution in [0.2, 0.25) is 0 Å². The van der Waals surface area contributed by atoms with Crippen LogP contribution in [0.5, 0.6) is 0 Å². The van der Waals surface area contributed by atoms with Crippen LogP contribution in [0.1, 0.15) is 90.9 Å². The predicted octanol–water partition coefficient (Wildman–Crippen LogP) is 6.22. The zero-order valence-electron chi connectivity index (χ0n) is 12.8. The van der Waals surface area contributed by atoms with Crippen LogP contribution >= 0.6 is 23.0 Å². The molecule has 0 N–H and O–H groups in total. The maximum atomic E-state index is 11.4. The molecule has 0 fully saturated rings. The number of carbonyl (C=O) groups excluding carboxylic acids is 1. The van der Waals surface area contributed by atoms with Crippen molar-refractivity contribution >= 4 is 29.0 Å². The lowest BCUT2D eigenvalue weighted by atomic mass is 9.92. The van der Waals surface area contributed by atoms with Crippen LogP contribution < -0.4 is 0 Å². The highest BCUT2D eigenvalue weighted by molar-refractivity contribution is 14.1. The van der Waals surface area contributed by atoms with Gasteiger partial charge in [-0.25, -0.2) is 0 Å². The molecule has 0 aromatic carbocycles. The van der Waals surface area contributed by atoms with E-state index in [2.05, 4.69) is 13.8 Å². The number of rotatable bonds is 13. The molecule has 0 heterocycles. The van der Waals surface area contributed by atoms with Crippen LogP contribution in [0.25, 0.3) is 0 Å². The van der Waals surface area contributed by atoms with E-state index in [-0.39, 0.29) is 5.97 Å². The fourth-order valence-electron chi connectivity index (χ4n) is 2.51. The van der Waals surface area contributed by atoms with Gasteiger partial charge in [0.05, 0.1) is 0 Å². The second-order valence-electron chi connectivity index (χ2n) is 5.57. The van der Waals surface area contributed by atoms with Crippen molar-refractivity contribution in [2.24, 2.45) is 5.92 Å². The van der Waals surface area contributed by atoms with Crippen molar-refractivity contribution in [3.05, 3.63) is 0 Å². The maximum absolute atomic E-state index is 11.4. The summed E-state index contributed by atoms with van der Waals surface area (Å²) in [6.45, 7) is 4.48. The van der Waals surface area contributed by atoms with E-state index in [0.717, 1.165) is 0 Å². The van der Waals surface area contributed by atoms with Gasteiger partial charge in [-0.05, 0) is 18.8 Å². The molecule has 1 atom stereocenters. The number of hydrogen-bond acceptors (Lipinski definition) is 2.